The summed E-state index contributed by atoms with van der Waals surface area (Å²) < 4.78 is 0. The van der Waals surface area contributed by atoms with Crippen molar-refractivity contribution in [3.63, 3.8) is 0 Å². The summed E-state index contributed by atoms with van der Waals surface area (Å²) in [7, 11) is 0. The molecule has 1 aromatic carbocycles. The molecule has 3 nitrogen and oxygen atoms in total. The predicted octanol–water partition coefficient (Wildman–Crippen LogP) is 1.97. The van der Waals surface area contributed by atoms with Gasteiger partial charge in [-0.05, 0) is 32.0 Å². The lowest BCUT2D eigenvalue weighted by atomic mass is 10.2. The van der Waals surface area contributed by atoms with Crippen LogP contribution >= 0.6 is 0 Å². The van der Waals surface area contributed by atoms with E-state index in [1.165, 1.54) is 12.1 Å². The van der Waals surface area contributed by atoms with Gasteiger partial charge in [-0.15, -0.1) is 0 Å². The first-order chi connectivity index (χ1) is 6.09. The summed E-state index contributed by atoms with van der Waals surface area (Å²) in [5, 5.41) is 13.6. The molecule has 1 N–H and O–H groups in total. The molecule has 0 aliphatic carbocycles. The number of carbonyl (C=O) groups is 1. The van der Waals surface area contributed by atoms with Crippen LogP contribution in [0.2, 0.25) is 0 Å². The van der Waals surface area contributed by atoms with Gasteiger partial charge in [-0.1, -0.05) is 6.07 Å². The molecule has 1 rings (SSSR count). The Labute approximate surface area is 77.4 Å². The van der Waals surface area contributed by atoms with Gasteiger partial charge >= 0.3 is 0 Å². The van der Waals surface area contributed by atoms with E-state index in [2.05, 4.69) is 5.32 Å². The predicted molar refractivity (Wildman–Crippen MR) is 49.2 cm³/mol. The Kier molecular flexibility index (Phi) is 2.90. The van der Waals surface area contributed by atoms with E-state index in [1.807, 2.05) is 13.8 Å². The minimum Gasteiger partial charge on any atom is -0.350 e. The van der Waals surface area contributed by atoms with Crippen LogP contribution in [0.25, 0.3) is 0 Å². The van der Waals surface area contributed by atoms with Crippen LogP contribution in [-0.4, -0.2) is 11.9 Å². The average molecular weight is 178 g/mol. The van der Waals surface area contributed by atoms with Crippen LogP contribution in [0.4, 0.5) is 0 Å². The lowest BCUT2D eigenvalue weighted by Crippen LogP contribution is -2.29. The van der Waals surface area contributed by atoms with E-state index in [1.54, 1.807) is 12.1 Å². The van der Waals surface area contributed by atoms with Gasteiger partial charge in [0.15, 0.2) is 5.75 Å². The molecule has 0 aromatic heterocycles. The van der Waals surface area contributed by atoms with Gasteiger partial charge < -0.3 is 5.32 Å². The number of hydrogen-bond donors (Lipinski definition) is 1. The van der Waals surface area contributed by atoms with E-state index in [0.717, 1.165) is 0 Å². The van der Waals surface area contributed by atoms with Gasteiger partial charge in [0.1, 0.15) is 0 Å². The van der Waals surface area contributed by atoms with Gasteiger partial charge in [0.2, 0.25) is 0 Å². The molecule has 0 aliphatic rings. The van der Waals surface area contributed by atoms with Crippen molar-refractivity contribution in [2.45, 2.75) is 19.9 Å². The minimum atomic E-state index is -0.201. The standard InChI is InChI=1S/C10H12NO2/c1-7(2)11-10(13)8-4-3-5-9(12)6-8/h3-7H,1-2H3,(H,11,13). The van der Waals surface area contributed by atoms with Crippen LogP contribution in [0, 0.1) is 0 Å². The fraction of sp³-hybridized carbons (Fsp3) is 0.300. The number of hydrogen-bond acceptors (Lipinski definition) is 1. The second kappa shape index (κ2) is 3.94. The van der Waals surface area contributed by atoms with E-state index in [4.69, 9.17) is 0 Å². The first-order valence-electron chi connectivity index (χ1n) is 4.17. The summed E-state index contributed by atoms with van der Waals surface area (Å²) in [6.07, 6.45) is 0. The molecule has 0 atom stereocenters. The molecular weight excluding hydrogens is 166 g/mol. The summed E-state index contributed by atoms with van der Waals surface area (Å²) in [6.45, 7) is 3.75. The average Bonchev–Trinajstić information content (AvgIpc) is 2.03. The Morgan fingerprint density at radius 2 is 2.08 bits per heavy atom. The summed E-state index contributed by atoms with van der Waals surface area (Å²) >= 11 is 0. The molecule has 0 unspecified atom stereocenters. The number of nitrogens with one attached hydrogen (secondary N) is 1. The van der Waals surface area contributed by atoms with Crippen molar-refractivity contribution < 1.29 is 9.90 Å². The Balaban J connectivity index is 2.77. The molecule has 0 saturated heterocycles. The van der Waals surface area contributed by atoms with E-state index in [9.17, 15) is 9.90 Å². The molecule has 1 radical (unpaired) electrons. The normalized spacial score (nSPS) is 10.1. The SMILES string of the molecule is CC(C)NC(=O)c1cccc([O])c1. The summed E-state index contributed by atoms with van der Waals surface area (Å²) in [6, 6.07) is 6.04. The van der Waals surface area contributed by atoms with Gasteiger partial charge in [-0.25, -0.2) is 0 Å². The molecule has 69 valence electrons. The smallest absolute Gasteiger partial charge is 0.251 e. The van der Waals surface area contributed by atoms with Crippen molar-refractivity contribution in [1.29, 1.82) is 0 Å². The Bertz CT molecular complexity index is 308. The highest BCUT2D eigenvalue weighted by Crippen LogP contribution is 2.11. The van der Waals surface area contributed by atoms with Crippen molar-refractivity contribution in [3.05, 3.63) is 29.8 Å². The topological polar surface area (TPSA) is 49.0 Å². The summed E-state index contributed by atoms with van der Waals surface area (Å²) in [5.41, 5.74) is 0.418. The molecule has 0 aliphatic heterocycles. The third-order valence-electron chi connectivity index (χ3n) is 1.52. The molecule has 1 aromatic rings. The molecule has 1 amide bonds. The van der Waals surface area contributed by atoms with Gasteiger partial charge in [-0.3, -0.25) is 9.90 Å². The van der Waals surface area contributed by atoms with E-state index in [0.29, 0.717) is 5.56 Å². The minimum absolute atomic E-state index is 0.0859. The Morgan fingerprint density at radius 3 is 2.62 bits per heavy atom. The molecule has 0 heterocycles. The highest BCUT2D eigenvalue weighted by Gasteiger charge is 2.06. The van der Waals surface area contributed by atoms with E-state index < -0.39 is 0 Å². The lowest BCUT2D eigenvalue weighted by Gasteiger charge is -2.07. The van der Waals surface area contributed by atoms with Crippen LogP contribution in [-0.2, 0) is 5.11 Å². The maximum atomic E-state index is 11.4. The van der Waals surface area contributed by atoms with E-state index in [-0.39, 0.29) is 17.7 Å². The van der Waals surface area contributed by atoms with Crippen LogP contribution in [0.3, 0.4) is 0 Å². The van der Waals surface area contributed by atoms with Crippen molar-refractivity contribution in [2.24, 2.45) is 0 Å². The van der Waals surface area contributed by atoms with Gasteiger partial charge in [0.05, 0.1) is 0 Å². The molecule has 0 spiro atoms. The highest BCUT2D eigenvalue weighted by atomic mass is 16.3. The third-order valence-corrected chi connectivity index (χ3v) is 1.52. The second-order valence-electron chi connectivity index (χ2n) is 3.16. The zero-order chi connectivity index (χ0) is 9.84. The first kappa shape index (κ1) is 9.58. The van der Waals surface area contributed by atoms with Crippen LogP contribution in [0.1, 0.15) is 24.2 Å². The molecule has 0 bridgehead atoms. The largest absolute Gasteiger partial charge is 0.350 e. The van der Waals surface area contributed by atoms with Crippen LogP contribution < -0.4 is 5.32 Å². The zero-order valence-electron chi connectivity index (χ0n) is 7.70. The lowest BCUT2D eigenvalue weighted by molar-refractivity contribution is 0.0942. The summed E-state index contributed by atoms with van der Waals surface area (Å²) in [4.78, 5) is 11.4. The van der Waals surface area contributed by atoms with Gasteiger partial charge in [0, 0.05) is 11.6 Å². The molecular formula is C10H12NO2. The first-order valence-corrected chi connectivity index (χ1v) is 4.17. The van der Waals surface area contributed by atoms with Crippen molar-refractivity contribution in [1.82, 2.24) is 5.32 Å². The Morgan fingerprint density at radius 1 is 1.38 bits per heavy atom. The zero-order valence-corrected chi connectivity index (χ0v) is 7.70. The molecule has 3 heteroatoms. The second-order valence-corrected chi connectivity index (χ2v) is 3.16. The van der Waals surface area contributed by atoms with E-state index >= 15 is 0 Å². The van der Waals surface area contributed by atoms with Crippen molar-refractivity contribution in [3.8, 4) is 5.75 Å². The maximum absolute atomic E-state index is 11.4. The fourth-order valence-electron chi connectivity index (χ4n) is 0.983. The number of benzene rings is 1. The molecule has 0 fully saturated rings. The number of rotatable bonds is 2. The van der Waals surface area contributed by atoms with Gasteiger partial charge in [-0.2, -0.15) is 0 Å². The monoisotopic (exact) mass is 178 g/mol. The Hall–Kier alpha value is -1.51. The summed E-state index contributed by atoms with van der Waals surface area (Å²) in [5.74, 6) is -0.343. The quantitative estimate of drug-likeness (QED) is 0.739. The molecule has 13 heavy (non-hydrogen) atoms. The van der Waals surface area contributed by atoms with Crippen molar-refractivity contribution >= 4 is 5.91 Å². The van der Waals surface area contributed by atoms with Crippen LogP contribution in [0.15, 0.2) is 24.3 Å². The molecule has 0 saturated carbocycles. The van der Waals surface area contributed by atoms with Crippen molar-refractivity contribution in [2.75, 3.05) is 0 Å². The highest BCUT2D eigenvalue weighted by molar-refractivity contribution is 5.94. The number of carbonyl (C=O) groups excluding carboxylic acids is 1. The van der Waals surface area contributed by atoms with Crippen LogP contribution in [0.5, 0.6) is 5.75 Å². The van der Waals surface area contributed by atoms with Gasteiger partial charge in [0.25, 0.3) is 5.91 Å². The maximum Gasteiger partial charge on any atom is 0.251 e. The number of amides is 1. The third kappa shape index (κ3) is 2.78. The fourth-order valence-corrected chi connectivity index (χ4v) is 0.983.